The molecule has 26 heavy (non-hydrogen) atoms. The highest BCUT2D eigenvalue weighted by molar-refractivity contribution is 5.93. The summed E-state index contributed by atoms with van der Waals surface area (Å²) >= 11 is 0. The van der Waals surface area contributed by atoms with Crippen LogP contribution in [0, 0.1) is 5.92 Å². The molecule has 6 nitrogen and oxygen atoms in total. The number of pyridine rings is 1. The Balaban J connectivity index is 0.00000140. The van der Waals surface area contributed by atoms with Gasteiger partial charge in [-0.1, -0.05) is 0 Å². The summed E-state index contributed by atoms with van der Waals surface area (Å²) in [4.78, 5) is 21.2. The van der Waals surface area contributed by atoms with E-state index in [9.17, 15) is 4.79 Å². The number of amides is 1. The van der Waals surface area contributed by atoms with E-state index in [0.29, 0.717) is 11.6 Å². The highest BCUT2D eigenvalue weighted by Gasteiger charge is 2.37. The second kappa shape index (κ2) is 7.62. The van der Waals surface area contributed by atoms with Gasteiger partial charge in [0.2, 0.25) is 0 Å². The first-order valence-electron chi connectivity index (χ1n) is 10.0. The van der Waals surface area contributed by atoms with Gasteiger partial charge in [0, 0.05) is 34.2 Å². The normalized spacial score (nSPS) is 25.7. The Labute approximate surface area is 158 Å². The van der Waals surface area contributed by atoms with Crippen LogP contribution in [0.5, 0.6) is 0 Å². The van der Waals surface area contributed by atoms with Crippen LogP contribution in [-0.2, 0) is 13.0 Å². The van der Waals surface area contributed by atoms with Crippen LogP contribution in [0.4, 0.5) is 0 Å². The van der Waals surface area contributed by atoms with E-state index in [4.69, 9.17) is 5.21 Å². The summed E-state index contributed by atoms with van der Waals surface area (Å²) in [5, 5.41) is 8.78. The summed E-state index contributed by atoms with van der Waals surface area (Å²) < 4.78 is 0. The average molecular weight is 363 g/mol. The predicted molar refractivity (Wildman–Crippen MR) is 103 cm³/mol. The molecule has 6 heteroatoms. The third-order valence-corrected chi connectivity index (χ3v) is 6.55. The Kier molecular flexibility index (Phi) is 5.25. The SMILES string of the molecule is CN(CCCC1CCC1N1CCc2cc(C(=O)NO)cnc2C1)C1CC1.[HH].[HH]. The molecular weight excluding hydrogens is 328 g/mol. The number of hydroxylamine groups is 1. The number of rotatable bonds is 7. The fourth-order valence-electron chi connectivity index (χ4n) is 4.57. The molecule has 0 bridgehead atoms. The molecule has 1 aromatic heterocycles. The van der Waals surface area contributed by atoms with Gasteiger partial charge in [0.05, 0.1) is 11.3 Å². The van der Waals surface area contributed by atoms with Crippen molar-refractivity contribution in [2.24, 2.45) is 5.92 Å². The summed E-state index contributed by atoms with van der Waals surface area (Å²) in [5.41, 5.74) is 4.35. The quantitative estimate of drug-likeness (QED) is 0.577. The van der Waals surface area contributed by atoms with Crippen LogP contribution in [0.2, 0.25) is 0 Å². The molecule has 0 saturated heterocycles. The lowest BCUT2D eigenvalue weighted by atomic mass is 9.75. The van der Waals surface area contributed by atoms with Crippen LogP contribution in [0.1, 0.15) is 63.0 Å². The average Bonchev–Trinajstić information content (AvgIpc) is 3.48. The zero-order chi connectivity index (χ0) is 18.1. The highest BCUT2D eigenvalue weighted by Crippen LogP contribution is 2.38. The number of carbonyl (C=O) groups excluding carboxylic acids is 1. The lowest BCUT2D eigenvalue weighted by Crippen LogP contribution is -2.49. The molecule has 2 N–H and O–H groups in total. The maximum Gasteiger partial charge on any atom is 0.276 e. The first kappa shape index (κ1) is 17.9. The molecule has 2 aliphatic carbocycles. The molecule has 2 heterocycles. The Morgan fingerprint density at radius 3 is 2.96 bits per heavy atom. The molecule has 3 aliphatic rings. The minimum atomic E-state index is -0.488. The fraction of sp³-hybridized carbons (Fsp3) is 0.700. The van der Waals surface area contributed by atoms with Crippen LogP contribution in [0.15, 0.2) is 12.3 Å². The van der Waals surface area contributed by atoms with Crippen molar-refractivity contribution in [3.05, 3.63) is 29.1 Å². The Morgan fingerprint density at radius 1 is 1.42 bits per heavy atom. The smallest absolute Gasteiger partial charge is 0.276 e. The summed E-state index contributed by atoms with van der Waals surface area (Å²) in [5.74, 6) is 0.349. The van der Waals surface area contributed by atoms with Crippen molar-refractivity contribution in [3.63, 3.8) is 0 Å². The van der Waals surface area contributed by atoms with E-state index in [2.05, 4.69) is 21.8 Å². The van der Waals surface area contributed by atoms with Gasteiger partial charge in [0.15, 0.2) is 0 Å². The van der Waals surface area contributed by atoms with E-state index < -0.39 is 5.91 Å². The summed E-state index contributed by atoms with van der Waals surface area (Å²) in [6, 6.07) is 3.45. The number of hydrogen-bond donors (Lipinski definition) is 2. The molecule has 0 radical (unpaired) electrons. The minimum Gasteiger partial charge on any atom is -0.303 e. The van der Waals surface area contributed by atoms with Gasteiger partial charge < -0.3 is 4.90 Å². The zero-order valence-corrected chi connectivity index (χ0v) is 15.7. The molecule has 146 valence electrons. The topological polar surface area (TPSA) is 68.7 Å². The van der Waals surface area contributed by atoms with Crippen molar-refractivity contribution in [2.45, 2.75) is 63.6 Å². The van der Waals surface area contributed by atoms with E-state index >= 15 is 0 Å². The third-order valence-electron chi connectivity index (χ3n) is 6.55. The highest BCUT2D eigenvalue weighted by atomic mass is 16.5. The second-order valence-corrected chi connectivity index (χ2v) is 8.25. The van der Waals surface area contributed by atoms with Crippen molar-refractivity contribution < 1.29 is 12.9 Å². The van der Waals surface area contributed by atoms with Crippen molar-refractivity contribution in [1.29, 1.82) is 0 Å². The Bertz CT molecular complexity index is 672. The first-order valence-corrected chi connectivity index (χ1v) is 10.0. The molecule has 1 amide bonds. The van der Waals surface area contributed by atoms with Gasteiger partial charge >= 0.3 is 0 Å². The lowest BCUT2D eigenvalue weighted by Gasteiger charge is -2.46. The van der Waals surface area contributed by atoms with Gasteiger partial charge in [-0.2, -0.15) is 0 Å². The first-order chi connectivity index (χ1) is 12.7. The number of fused-ring (bicyclic) bond motifs is 1. The summed E-state index contributed by atoms with van der Waals surface area (Å²) in [6.45, 7) is 3.18. The van der Waals surface area contributed by atoms with E-state index in [-0.39, 0.29) is 2.85 Å². The molecule has 1 aliphatic heterocycles. The van der Waals surface area contributed by atoms with Crippen LogP contribution >= 0.6 is 0 Å². The molecule has 2 atom stereocenters. The van der Waals surface area contributed by atoms with Gasteiger partial charge in [-0.3, -0.25) is 19.9 Å². The van der Waals surface area contributed by atoms with Gasteiger partial charge in [-0.05, 0) is 76.1 Å². The van der Waals surface area contributed by atoms with Gasteiger partial charge in [-0.15, -0.1) is 0 Å². The van der Waals surface area contributed by atoms with Crippen LogP contribution in [0.25, 0.3) is 0 Å². The van der Waals surface area contributed by atoms with Crippen LogP contribution in [-0.4, -0.2) is 58.1 Å². The number of hydrogen-bond acceptors (Lipinski definition) is 5. The Hall–Kier alpha value is -1.50. The molecule has 2 fully saturated rings. The third kappa shape index (κ3) is 3.77. The van der Waals surface area contributed by atoms with Gasteiger partial charge in [-0.25, -0.2) is 5.48 Å². The fourth-order valence-corrected chi connectivity index (χ4v) is 4.57. The Morgan fingerprint density at radius 2 is 2.27 bits per heavy atom. The summed E-state index contributed by atoms with van der Waals surface area (Å²) in [6.07, 6.45) is 10.6. The molecule has 4 rings (SSSR count). The monoisotopic (exact) mass is 362 g/mol. The molecule has 0 spiro atoms. The van der Waals surface area contributed by atoms with Gasteiger partial charge in [0.25, 0.3) is 5.91 Å². The zero-order valence-electron chi connectivity index (χ0n) is 15.7. The van der Waals surface area contributed by atoms with E-state index in [1.807, 2.05) is 6.07 Å². The van der Waals surface area contributed by atoms with Crippen molar-refractivity contribution in [1.82, 2.24) is 20.3 Å². The molecule has 1 aromatic rings. The predicted octanol–water partition coefficient (Wildman–Crippen LogP) is 2.70. The van der Waals surface area contributed by atoms with Gasteiger partial charge in [0.1, 0.15) is 0 Å². The second-order valence-electron chi connectivity index (χ2n) is 8.25. The molecule has 0 aromatic carbocycles. The molecule has 2 unspecified atom stereocenters. The minimum absolute atomic E-state index is 0. The van der Waals surface area contributed by atoms with Crippen LogP contribution < -0.4 is 5.48 Å². The molecular formula is C20H34N4O2. The number of nitrogens with zero attached hydrogens (tertiary/aromatic N) is 3. The molecule has 2 saturated carbocycles. The lowest BCUT2D eigenvalue weighted by molar-refractivity contribution is 0.0429. The number of aromatic nitrogens is 1. The maximum absolute atomic E-state index is 11.5. The van der Waals surface area contributed by atoms with Crippen molar-refractivity contribution >= 4 is 5.91 Å². The van der Waals surface area contributed by atoms with E-state index in [0.717, 1.165) is 42.7 Å². The number of carbonyl (C=O) groups is 1. The standard InChI is InChI=1S/C20H30N4O2.2H2/c1-23(17-5-6-17)9-2-3-14-4-7-19(14)24-10-8-15-11-16(20(25)22-26)12-21-18(15)13-24;;/h11-12,14,17,19,26H,2-10,13H2,1H3,(H,22,25);2*1H. The van der Waals surface area contributed by atoms with E-state index in [1.54, 1.807) is 11.7 Å². The number of nitrogens with one attached hydrogen (secondary N) is 1. The maximum atomic E-state index is 11.5. The van der Waals surface area contributed by atoms with Crippen molar-refractivity contribution in [2.75, 3.05) is 20.1 Å². The van der Waals surface area contributed by atoms with Crippen LogP contribution in [0.3, 0.4) is 0 Å². The summed E-state index contributed by atoms with van der Waals surface area (Å²) in [7, 11) is 2.27. The van der Waals surface area contributed by atoms with E-state index in [1.165, 1.54) is 45.1 Å². The largest absolute Gasteiger partial charge is 0.303 e. The van der Waals surface area contributed by atoms with Crippen molar-refractivity contribution in [3.8, 4) is 0 Å².